The Morgan fingerprint density at radius 3 is 2.39 bits per heavy atom. The quantitative estimate of drug-likeness (QED) is 0.893. The molecular weight excluding hydrogens is 276 g/mol. The lowest BCUT2D eigenvalue weighted by Gasteiger charge is -2.29. The van der Waals surface area contributed by atoms with E-state index in [4.69, 9.17) is 17.3 Å². The number of nitrogens with two attached hydrogens (primary N) is 1. The molecule has 1 rings (SSSR count). The number of aliphatic hydroxyl groups is 1. The average Bonchev–Trinajstić information content (AvgIpc) is 2.15. The summed E-state index contributed by atoms with van der Waals surface area (Å²) in [5, 5.41) is 10.2. The molecule has 1 aromatic rings. The van der Waals surface area contributed by atoms with E-state index in [1.165, 1.54) is 12.1 Å². The van der Waals surface area contributed by atoms with Gasteiger partial charge >= 0.3 is 0 Å². The van der Waals surface area contributed by atoms with Gasteiger partial charge in [0.05, 0.1) is 6.10 Å². The number of rotatable bonds is 3. The number of aliphatic hydroxyl groups excluding tert-OH is 1. The molecule has 1 aromatic carbocycles. The van der Waals surface area contributed by atoms with Crippen molar-refractivity contribution < 1.29 is 9.50 Å². The SMILES string of the molecule is CC(C)(C)[C@@H](N)C[C@H](O)c1c(F)cccc1Cl.Cl. The molecule has 0 aliphatic carbocycles. The topological polar surface area (TPSA) is 46.2 Å². The summed E-state index contributed by atoms with van der Waals surface area (Å²) >= 11 is 5.88. The van der Waals surface area contributed by atoms with Crippen LogP contribution in [0.15, 0.2) is 18.2 Å². The highest BCUT2D eigenvalue weighted by atomic mass is 35.5. The summed E-state index contributed by atoms with van der Waals surface area (Å²) in [5.41, 5.74) is 5.96. The standard InChI is InChI=1S/C13H19ClFNO.ClH/c1-13(2,3)11(16)7-10(17)12-8(14)5-4-6-9(12)15;/h4-6,10-11,17H,7,16H2,1-3H3;1H/t10-,11-;/m0./s1. The Kier molecular flexibility index (Phi) is 6.58. The van der Waals surface area contributed by atoms with Crippen LogP contribution in [0.3, 0.4) is 0 Å². The van der Waals surface area contributed by atoms with Gasteiger partial charge in [0.2, 0.25) is 0 Å². The summed E-state index contributed by atoms with van der Waals surface area (Å²) in [6.45, 7) is 5.94. The Hall–Kier alpha value is -0.350. The molecule has 104 valence electrons. The van der Waals surface area contributed by atoms with Crippen LogP contribution in [-0.4, -0.2) is 11.1 Å². The predicted molar refractivity (Wildman–Crippen MR) is 75.7 cm³/mol. The minimum absolute atomic E-state index is 0. The molecule has 0 aromatic heterocycles. The normalized spacial score (nSPS) is 14.8. The summed E-state index contributed by atoms with van der Waals surface area (Å²) < 4.78 is 13.6. The molecule has 0 spiro atoms. The van der Waals surface area contributed by atoms with Crippen molar-refractivity contribution in [3.63, 3.8) is 0 Å². The maximum absolute atomic E-state index is 13.6. The van der Waals surface area contributed by atoms with Gasteiger partial charge in [-0.2, -0.15) is 0 Å². The van der Waals surface area contributed by atoms with Crippen LogP contribution in [0, 0.1) is 11.2 Å². The van der Waals surface area contributed by atoms with Gasteiger partial charge in [-0.3, -0.25) is 0 Å². The lowest BCUT2D eigenvalue weighted by Crippen LogP contribution is -2.36. The molecule has 5 heteroatoms. The summed E-state index contributed by atoms with van der Waals surface area (Å²) in [4.78, 5) is 0. The highest BCUT2D eigenvalue weighted by Gasteiger charge is 2.26. The first-order valence-electron chi connectivity index (χ1n) is 5.61. The molecule has 0 radical (unpaired) electrons. The van der Waals surface area contributed by atoms with Crippen LogP contribution >= 0.6 is 24.0 Å². The number of benzene rings is 1. The molecule has 2 atom stereocenters. The molecule has 0 heterocycles. The molecule has 0 saturated heterocycles. The minimum Gasteiger partial charge on any atom is -0.388 e. The van der Waals surface area contributed by atoms with Gasteiger partial charge in [-0.15, -0.1) is 12.4 Å². The Labute approximate surface area is 119 Å². The van der Waals surface area contributed by atoms with Crippen molar-refractivity contribution >= 4 is 24.0 Å². The molecule has 0 aliphatic rings. The lowest BCUT2D eigenvalue weighted by atomic mass is 9.83. The van der Waals surface area contributed by atoms with Gasteiger partial charge in [-0.05, 0) is 24.0 Å². The summed E-state index contributed by atoms with van der Waals surface area (Å²) in [5.74, 6) is -0.494. The van der Waals surface area contributed by atoms with Crippen LogP contribution in [0.1, 0.15) is 38.9 Å². The van der Waals surface area contributed by atoms with Crippen molar-refractivity contribution in [1.82, 2.24) is 0 Å². The minimum atomic E-state index is -0.974. The highest BCUT2D eigenvalue weighted by Crippen LogP contribution is 2.31. The van der Waals surface area contributed by atoms with E-state index in [1.807, 2.05) is 20.8 Å². The van der Waals surface area contributed by atoms with Crippen LogP contribution in [0.2, 0.25) is 5.02 Å². The largest absolute Gasteiger partial charge is 0.388 e. The van der Waals surface area contributed by atoms with Gasteiger partial charge in [0, 0.05) is 16.6 Å². The van der Waals surface area contributed by atoms with Crippen molar-refractivity contribution in [3.05, 3.63) is 34.6 Å². The first kappa shape index (κ1) is 17.6. The maximum atomic E-state index is 13.6. The number of halogens is 3. The second-order valence-corrected chi connectivity index (χ2v) is 5.77. The van der Waals surface area contributed by atoms with Crippen LogP contribution in [0.5, 0.6) is 0 Å². The number of hydrogen-bond donors (Lipinski definition) is 2. The summed E-state index contributed by atoms with van der Waals surface area (Å²) in [6, 6.07) is 4.13. The van der Waals surface area contributed by atoms with E-state index < -0.39 is 11.9 Å². The van der Waals surface area contributed by atoms with Gasteiger partial charge in [0.15, 0.2) is 0 Å². The van der Waals surface area contributed by atoms with Crippen LogP contribution in [-0.2, 0) is 0 Å². The second kappa shape index (κ2) is 6.71. The molecule has 0 amide bonds. The average molecular weight is 296 g/mol. The van der Waals surface area contributed by atoms with Gasteiger partial charge in [0.1, 0.15) is 5.82 Å². The Morgan fingerprint density at radius 1 is 1.39 bits per heavy atom. The van der Waals surface area contributed by atoms with Crippen molar-refractivity contribution in [3.8, 4) is 0 Å². The Bertz CT molecular complexity index is 373. The van der Waals surface area contributed by atoms with Gasteiger partial charge < -0.3 is 10.8 Å². The van der Waals surface area contributed by atoms with Crippen molar-refractivity contribution in [2.75, 3.05) is 0 Å². The zero-order valence-corrected chi connectivity index (χ0v) is 12.4. The molecule has 18 heavy (non-hydrogen) atoms. The third-order valence-electron chi connectivity index (χ3n) is 2.92. The molecule has 0 aliphatic heterocycles. The first-order chi connectivity index (χ1) is 7.73. The van der Waals surface area contributed by atoms with Crippen LogP contribution in [0.4, 0.5) is 4.39 Å². The summed E-state index contributed by atoms with van der Waals surface area (Å²) in [7, 11) is 0. The van der Waals surface area contributed by atoms with Crippen LogP contribution in [0.25, 0.3) is 0 Å². The van der Waals surface area contributed by atoms with E-state index in [2.05, 4.69) is 0 Å². The molecule has 0 saturated carbocycles. The highest BCUT2D eigenvalue weighted by molar-refractivity contribution is 6.31. The van der Waals surface area contributed by atoms with E-state index in [0.717, 1.165) is 0 Å². The van der Waals surface area contributed by atoms with Gasteiger partial charge in [-0.1, -0.05) is 38.4 Å². The molecule has 3 N–H and O–H groups in total. The molecule has 0 unspecified atom stereocenters. The predicted octanol–water partition coefficient (Wildman–Crippen LogP) is 3.70. The van der Waals surface area contributed by atoms with E-state index >= 15 is 0 Å². The van der Waals surface area contributed by atoms with Gasteiger partial charge in [-0.25, -0.2) is 4.39 Å². The van der Waals surface area contributed by atoms with E-state index in [9.17, 15) is 9.50 Å². The fraction of sp³-hybridized carbons (Fsp3) is 0.538. The van der Waals surface area contributed by atoms with Crippen molar-refractivity contribution in [2.45, 2.75) is 39.3 Å². The van der Waals surface area contributed by atoms with E-state index in [0.29, 0.717) is 0 Å². The third-order valence-corrected chi connectivity index (χ3v) is 3.25. The maximum Gasteiger partial charge on any atom is 0.130 e. The fourth-order valence-corrected chi connectivity index (χ4v) is 1.83. The van der Waals surface area contributed by atoms with E-state index in [-0.39, 0.29) is 40.9 Å². The lowest BCUT2D eigenvalue weighted by molar-refractivity contribution is 0.130. The molecule has 0 fully saturated rings. The third kappa shape index (κ3) is 4.39. The zero-order valence-electron chi connectivity index (χ0n) is 10.8. The Balaban J connectivity index is 0.00000289. The van der Waals surface area contributed by atoms with Gasteiger partial charge in [0.25, 0.3) is 0 Å². The fourth-order valence-electron chi connectivity index (χ4n) is 1.54. The van der Waals surface area contributed by atoms with Crippen molar-refractivity contribution in [2.24, 2.45) is 11.1 Å². The zero-order chi connectivity index (χ0) is 13.2. The number of hydrogen-bond acceptors (Lipinski definition) is 2. The smallest absolute Gasteiger partial charge is 0.130 e. The van der Waals surface area contributed by atoms with E-state index in [1.54, 1.807) is 6.07 Å². The van der Waals surface area contributed by atoms with Crippen molar-refractivity contribution in [1.29, 1.82) is 0 Å². The molecule has 2 nitrogen and oxygen atoms in total. The summed E-state index contributed by atoms with van der Waals surface area (Å²) in [6.07, 6.45) is -0.692. The van der Waals surface area contributed by atoms with Crippen LogP contribution < -0.4 is 5.73 Å². The molecular formula is C13H20Cl2FNO. The first-order valence-corrected chi connectivity index (χ1v) is 5.99. The second-order valence-electron chi connectivity index (χ2n) is 5.36. The molecule has 0 bridgehead atoms. The monoisotopic (exact) mass is 295 g/mol. The Morgan fingerprint density at radius 2 is 1.94 bits per heavy atom.